The highest BCUT2D eigenvalue weighted by Crippen LogP contribution is 2.40. The number of morpholine rings is 1. The van der Waals surface area contributed by atoms with E-state index < -0.39 is 0 Å². The van der Waals surface area contributed by atoms with E-state index in [2.05, 4.69) is 49.7 Å². The molecule has 1 aromatic carbocycles. The standard InChI is InChI=1S/C27H38N6O4/c1-7-19(8-2)37-23-9-10-24-32(30-26(28)33(24)29-23)17-22(34)18-15-20(27(3,4)5)25(35-6)21(16-18)31-11-13-36-14-12-31/h9-10,15-16,19,28H,7-8,11-14,17H2,1-6H3. The Balaban J connectivity index is 1.69. The van der Waals surface area contributed by atoms with Gasteiger partial charge >= 0.3 is 5.65 Å². The van der Waals surface area contributed by atoms with E-state index in [1.165, 1.54) is 9.20 Å². The number of benzene rings is 1. The number of aromatic nitrogens is 4. The smallest absolute Gasteiger partial charge is 0.317 e. The number of hydrogen-bond acceptors (Lipinski definition) is 7. The molecule has 0 aliphatic carbocycles. The Hall–Kier alpha value is -3.40. The molecule has 1 aliphatic heterocycles. The molecule has 0 bridgehead atoms. The zero-order chi connectivity index (χ0) is 26.7. The number of methoxy groups -OCH3 is 1. The number of Topliss-reactive ketones (excluding diaryl/α,β-unsaturated/α-hetero) is 1. The van der Waals surface area contributed by atoms with E-state index >= 15 is 0 Å². The number of nitrogens with zero attached hydrogens (tertiary/aromatic N) is 5. The van der Waals surface area contributed by atoms with Crippen LogP contribution in [-0.4, -0.2) is 54.9 Å². The Morgan fingerprint density at radius 2 is 1.92 bits per heavy atom. The van der Waals surface area contributed by atoms with Crippen molar-refractivity contribution in [1.29, 1.82) is 5.41 Å². The molecule has 1 N–H and O–H groups in total. The highest BCUT2D eigenvalue weighted by molar-refractivity contribution is 5.97. The maximum absolute atomic E-state index is 13.6. The van der Waals surface area contributed by atoms with Crippen molar-refractivity contribution in [2.75, 3.05) is 38.3 Å². The number of anilines is 1. The van der Waals surface area contributed by atoms with Crippen molar-refractivity contribution >= 4 is 17.1 Å². The number of nitrogens with one attached hydrogen (secondary N) is 1. The van der Waals surface area contributed by atoms with Gasteiger partial charge in [0.2, 0.25) is 11.4 Å². The highest BCUT2D eigenvalue weighted by atomic mass is 16.5. The summed E-state index contributed by atoms with van der Waals surface area (Å²) in [5.41, 5.74) is 2.69. The largest absolute Gasteiger partial charge is 0.494 e. The van der Waals surface area contributed by atoms with Crippen molar-refractivity contribution in [1.82, 2.24) is 14.7 Å². The summed E-state index contributed by atoms with van der Waals surface area (Å²) < 4.78 is 20.3. The average Bonchev–Trinajstić information content (AvgIpc) is 3.20. The van der Waals surface area contributed by atoms with Crippen LogP contribution >= 0.6 is 0 Å². The molecule has 37 heavy (non-hydrogen) atoms. The Bertz CT molecular complexity index is 1310. The van der Waals surface area contributed by atoms with Crippen molar-refractivity contribution in [2.45, 2.75) is 65.5 Å². The van der Waals surface area contributed by atoms with Gasteiger partial charge < -0.3 is 24.5 Å². The Labute approximate surface area is 217 Å². The summed E-state index contributed by atoms with van der Waals surface area (Å²) in [6.45, 7) is 13.2. The van der Waals surface area contributed by atoms with Crippen molar-refractivity contribution in [3.63, 3.8) is 0 Å². The summed E-state index contributed by atoms with van der Waals surface area (Å²) in [7, 11) is 1.67. The minimum Gasteiger partial charge on any atom is -0.494 e. The third kappa shape index (κ3) is 5.64. The van der Waals surface area contributed by atoms with E-state index in [1.54, 1.807) is 19.2 Å². The maximum Gasteiger partial charge on any atom is 0.317 e. The van der Waals surface area contributed by atoms with Crippen LogP contribution in [0.2, 0.25) is 0 Å². The fourth-order valence-electron chi connectivity index (χ4n) is 4.58. The number of hydrogen-bond donors (Lipinski definition) is 1. The van der Waals surface area contributed by atoms with Gasteiger partial charge in [-0.2, -0.15) is 9.78 Å². The first kappa shape index (κ1) is 26.7. The van der Waals surface area contributed by atoms with Gasteiger partial charge in [0.15, 0.2) is 6.54 Å². The maximum atomic E-state index is 13.6. The Morgan fingerprint density at radius 3 is 2.54 bits per heavy atom. The van der Waals surface area contributed by atoms with E-state index in [-0.39, 0.29) is 29.5 Å². The van der Waals surface area contributed by atoms with Crippen LogP contribution in [0.1, 0.15) is 63.4 Å². The van der Waals surface area contributed by atoms with Crippen molar-refractivity contribution in [3.05, 3.63) is 41.0 Å². The molecule has 1 saturated heterocycles. The van der Waals surface area contributed by atoms with Gasteiger partial charge in [-0.25, -0.2) is 0 Å². The van der Waals surface area contributed by atoms with E-state index in [9.17, 15) is 4.79 Å². The summed E-state index contributed by atoms with van der Waals surface area (Å²) in [4.78, 5) is 15.8. The van der Waals surface area contributed by atoms with Crippen molar-refractivity contribution in [2.24, 2.45) is 0 Å². The molecule has 3 heterocycles. The molecule has 0 radical (unpaired) electrons. The minimum atomic E-state index is -0.236. The minimum absolute atomic E-state index is 0.0186. The first-order chi connectivity index (χ1) is 17.7. The number of rotatable bonds is 9. The van der Waals surface area contributed by atoms with Crippen LogP contribution < -0.4 is 29.8 Å². The second-order valence-electron chi connectivity index (χ2n) is 10.3. The number of fused-ring (bicyclic) bond motifs is 1. The topological polar surface area (TPSA) is 107 Å². The second-order valence-corrected chi connectivity index (χ2v) is 10.3. The molecule has 0 atom stereocenters. The van der Waals surface area contributed by atoms with E-state index in [1.807, 2.05) is 12.1 Å². The summed E-state index contributed by atoms with van der Waals surface area (Å²) in [5.74, 6) is 1.12. The molecule has 200 valence electrons. The fourth-order valence-corrected chi connectivity index (χ4v) is 4.58. The van der Waals surface area contributed by atoms with E-state index in [0.29, 0.717) is 30.3 Å². The Kier molecular flexibility index (Phi) is 7.87. The lowest BCUT2D eigenvalue weighted by Gasteiger charge is -2.33. The second kappa shape index (κ2) is 10.9. The van der Waals surface area contributed by atoms with Crippen LogP contribution in [0.25, 0.3) is 5.65 Å². The molecule has 0 amide bonds. The third-order valence-corrected chi connectivity index (χ3v) is 6.72. The van der Waals surface area contributed by atoms with Crippen LogP contribution in [0.15, 0.2) is 24.3 Å². The van der Waals surface area contributed by atoms with Gasteiger partial charge in [0.05, 0.1) is 26.0 Å². The lowest BCUT2D eigenvalue weighted by Crippen LogP contribution is -2.43. The van der Waals surface area contributed by atoms with Crippen LogP contribution in [-0.2, 0) is 16.7 Å². The third-order valence-electron chi connectivity index (χ3n) is 6.72. The van der Waals surface area contributed by atoms with Crippen LogP contribution in [0.4, 0.5) is 5.69 Å². The van der Waals surface area contributed by atoms with Crippen LogP contribution in [0.3, 0.4) is 0 Å². The van der Waals surface area contributed by atoms with Crippen molar-refractivity contribution < 1.29 is 23.7 Å². The first-order valence-corrected chi connectivity index (χ1v) is 12.9. The number of ketones is 1. The first-order valence-electron chi connectivity index (χ1n) is 12.9. The molecule has 10 heteroatoms. The van der Waals surface area contributed by atoms with Crippen molar-refractivity contribution in [3.8, 4) is 11.6 Å². The molecule has 0 saturated carbocycles. The summed E-state index contributed by atoms with van der Waals surface area (Å²) in [5, 5.41) is 17.0. The van der Waals surface area contributed by atoms with Gasteiger partial charge in [-0.15, -0.1) is 0 Å². The number of ether oxygens (including phenoxy) is 3. The van der Waals surface area contributed by atoms with Gasteiger partial charge in [-0.3, -0.25) is 4.79 Å². The lowest BCUT2D eigenvalue weighted by molar-refractivity contribution is -0.721. The normalized spacial score (nSPS) is 14.4. The SMILES string of the molecule is CCC(CC)Oc1ccc2n(n1)c(=N)[n-][n+]2CC(=O)c1cc(N2CCOCC2)c(OC)c(C(C)(C)C)c1. The Morgan fingerprint density at radius 1 is 1.22 bits per heavy atom. The zero-order valence-corrected chi connectivity index (χ0v) is 22.7. The molecular formula is C27H38N6O4. The molecule has 1 aliphatic rings. The molecular weight excluding hydrogens is 472 g/mol. The van der Waals surface area contributed by atoms with Crippen LogP contribution in [0.5, 0.6) is 11.6 Å². The van der Waals surface area contributed by atoms with Gasteiger partial charge in [0.1, 0.15) is 11.9 Å². The summed E-state index contributed by atoms with van der Waals surface area (Å²) >= 11 is 0. The molecule has 10 nitrogen and oxygen atoms in total. The molecule has 0 unspecified atom stereocenters. The van der Waals surface area contributed by atoms with Crippen LogP contribution in [0, 0.1) is 5.41 Å². The molecule has 3 aromatic rings. The number of carbonyl (C=O) groups is 1. The van der Waals surface area contributed by atoms with E-state index in [0.717, 1.165) is 42.9 Å². The van der Waals surface area contributed by atoms with Gasteiger partial charge in [0, 0.05) is 36.3 Å². The molecule has 2 aromatic heterocycles. The van der Waals surface area contributed by atoms with E-state index in [4.69, 9.17) is 19.6 Å². The van der Waals surface area contributed by atoms with Gasteiger partial charge in [-0.05, 0) is 35.5 Å². The molecule has 0 spiro atoms. The predicted octanol–water partition coefficient (Wildman–Crippen LogP) is 2.65. The highest BCUT2D eigenvalue weighted by Gasteiger charge is 2.28. The quantitative estimate of drug-likeness (QED) is 0.348. The average molecular weight is 511 g/mol. The predicted molar refractivity (Wildman–Crippen MR) is 139 cm³/mol. The summed E-state index contributed by atoms with van der Waals surface area (Å²) in [6, 6.07) is 7.38. The molecule has 4 rings (SSSR count). The fraction of sp³-hybridized carbons (Fsp3) is 0.556. The van der Waals surface area contributed by atoms with Gasteiger partial charge in [0.25, 0.3) is 5.88 Å². The summed E-state index contributed by atoms with van der Waals surface area (Å²) in [6.07, 6.45) is 1.80. The lowest BCUT2D eigenvalue weighted by atomic mass is 9.84. The number of carbonyl (C=O) groups excluding carboxylic acids is 1. The zero-order valence-electron chi connectivity index (χ0n) is 22.7. The molecule has 1 fully saturated rings. The monoisotopic (exact) mass is 510 g/mol. The van der Waals surface area contributed by atoms with Gasteiger partial charge in [-0.1, -0.05) is 39.1 Å².